The first-order valence-corrected chi connectivity index (χ1v) is 11.3. The third-order valence-electron chi connectivity index (χ3n) is 4.69. The van der Waals surface area contributed by atoms with E-state index in [1.807, 2.05) is 42.5 Å². The molecule has 0 aromatic heterocycles. The molecule has 3 aromatic carbocycles. The van der Waals surface area contributed by atoms with Gasteiger partial charge in [-0.2, -0.15) is 0 Å². The zero-order chi connectivity index (χ0) is 22.7. The number of hydrogen-bond acceptors (Lipinski definition) is 5. The predicted octanol–water partition coefficient (Wildman–Crippen LogP) is 6.53. The van der Waals surface area contributed by atoms with E-state index in [9.17, 15) is 4.79 Å². The summed E-state index contributed by atoms with van der Waals surface area (Å²) < 4.78 is 12.4. The Morgan fingerprint density at radius 2 is 1.88 bits per heavy atom. The van der Waals surface area contributed by atoms with Gasteiger partial charge in [0.2, 0.25) is 0 Å². The van der Waals surface area contributed by atoms with Crippen LogP contribution in [-0.4, -0.2) is 18.8 Å². The highest BCUT2D eigenvalue weighted by atomic mass is 127. The summed E-state index contributed by atoms with van der Waals surface area (Å²) in [6.07, 6.45) is 1.73. The van der Waals surface area contributed by atoms with E-state index in [-0.39, 0.29) is 6.61 Å². The Balaban J connectivity index is 1.63. The number of benzene rings is 3. The zero-order valence-electron chi connectivity index (χ0n) is 16.8. The number of hydrogen-bond donors (Lipinski definition) is 0. The molecule has 1 aliphatic heterocycles. The first-order valence-electron chi connectivity index (χ1n) is 9.47. The fourth-order valence-corrected chi connectivity index (χ4v) is 4.38. The van der Waals surface area contributed by atoms with E-state index in [0.717, 1.165) is 20.3 Å². The fourth-order valence-electron chi connectivity index (χ4n) is 3.13. The molecule has 0 amide bonds. The van der Waals surface area contributed by atoms with E-state index in [1.165, 1.54) is 0 Å². The summed E-state index contributed by atoms with van der Waals surface area (Å²) in [7, 11) is 1.56. The molecule has 0 spiro atoms. The van der Waals surface area contributed by atoms with Gasteiger partial charge in [-0.1, -0.05) is 64.8 Å². The normalized spacial score (nSPS) is 14.3. The summed E-state index contributed by atoms with van der Waals surface area (Å²) in [5.41, 5.74) is 3.21. The van der Waals surface area contributed by atoms with Crippen molar-refractivity contribution in [2.45, 2.75) is 6.61 Å². The van der Waals surface area contributed by atoms with Gasteiger partial charge < -0.3 is 14.3 Å². The highest BCUT2D eigenvalue weighted by molar-refractivity contribution is 14.1. The van der Waals surface area contributed by atoms with Gasteiger partial charge in [0.25, 0.3) is 0 Å². The van der Waals surface area contributed by atoms with Crippen LogP contribution in [0.15, 0.2) is 71.4 Å². The second-order valence-corrected chi connectivity index (χ2v) is 8.81. The molecule has 0 saturated carbocycles. The van der Waals surface area contributed by atoms with Crippen LogP contribution in [0.25, 0.3) is 6.08 Å². The van der Waals surface area contributed by atoms with Gasteiger partial charge in [-0.05, 0) is 58.5 Å². The molecule has 0 atom stereocenters. The number of methoxy groups -OCH3 is 1. The van der Waals surface area contributed by atoms with Crippen molar-refractivity contribution < 1.29 is 19.1 Å². The van der Waals surface area contributed by atoms with Crippen LogP contribution in [0.4, 0.5) is 0 Å². The van der Waals surface area contributed by atoms with Crippen LogP contribution in [0.5, 0.6) is 11.5 Å². The van der Waals surface area contributed by atoms with E-state index >= 15 is 0 Å². The molecule has 32 heavy (non-hydrogen) atoms. The Labute approximate surface area is 208 Å². The molecule has 0 N–H and O–H groups in total. The molecule has 5 nitrogen and oxygen atoms in total. The quantitative estimate of drug-likeness (QED) is 0.189. The van der Waals surface area contributed by atoms with Gasteiger partial charge in [0.15, 0.2) is 11.5 Å². The third kappa shape index (κ3) is 4.92. The van der Waals surface area contributed by atoms with Crippen LogP contribution in [-0.2, 0) is 16.2 Å². The first-order chi connectivity index (χ1) is 15.5. The summed E-state index contributed by atoms with van der Waals surface area (Å²) in [6, 6.07) is 18.3. The third-order valence-corrected chi connectivity index (χ3v) is 6.08. The molecule has 1 heterocycles. The van der Waals surface area contributed by atoms with Gasteiger partial charge in [-0.15, -0.1) is 0 Å². The summed E-state index contributed by atoms with van der Waals surface area (Å²) >= 11 is 14.4. The minimum Gasteiger partial charge on any atom is -0.493 e. The maximum Gasteiger partial charge on any atom is 0.368 e. The van der Waals surface area contributed by atoms with Crippen molar-refractivity contribution in [2.24, 2.45) is 5.16 Å². The Bertz CT molecular complexity index is 1240. The molecule has 4 rings (SSSR count). The van der Waals surface area contributed by atoms with Crippen LogP contribution in [0.3, 0.4) is 0 Å². The molecule has 0 aliphatic carbocycles. The summed E-state index contributed by atoms with van der Waals surface area (Å²) in [4.78, 5) is 17.2. The fraction of sp³-hybridized carbons (Fsp3) is 0.0833. The van der Waals surface area contributed by atoms with Crippen LogP contribution in [0.2, 0.25) is 10.0 Å². The van der Waals surface area contributed by atoms with Gasteiger partial charge in [0, 0.05) is 21.2 Å². The lowest BCUT2D eigenvalue weighted by atomic mass is 10.0. The van der Waals surface area contributed by atoms with Gasteiger partial charge in [0.05, 0.1) is 16.3 Å². The molecule has 1 aliphatic rings. The topological polar surface area (TPSA) is 57.1 Å². The smallest absolute Gasteiger partial charge is 0.368 e. The standard InChI is InChI=1S/C24H16Cl2INO4/c1-30-21-11-14(9-18-22(28-32-24(18)29)15-5-3-2-4-6-15)10-20(27)23(21)31-13-16-7-8-17(25)12-19(16)26/h2-12H,13H2,1H3/b18-9-. The Hall–Kier alpha value is -2.55. The van der Waals surface area contributed by atoms with Crippen LogP contribution in [0, 0.1) is 3.57 Å². The largest absolute Gasteiger partial charge is 0.493 e. The van der Waals surface area contributed by atoms with Crippen molar-refractivity contribution in [3.63, 3.8) is 0 Å². The molecule has 0 saturated heterocycles. The lowest BCUT2D eigenvalue weighted by molar-refractivity contribution is -0.136. The minimum absolute atomic E-state index is 0.250. The average molecular weight is 580 g/mol. The second-order valence-electron chi connectivity index (χ2n) is 6.80. The monoisotopic (exact) mass is 579 g/mol. The van der Waals surface area contributed by atoms with E-state index in [4.69, 9.17) is 37.5 Å². The van der Waals surface area contributed by atoms with E-state index < -0.39 is 5.97 Å². The molecule has 0 unspecified atom stereocenters. The van der Waals surface area contributed by atoms with Crippen LogP contribution >= 0.6 is 45.8 Å². The van der Waals surface area contributed by atoms with E-state index in [2.05, 4.69) is 27.7 Å². The van der Waals surface area contributed by atoms with Gasteiger partial charge in [0.1, 0.15) is 12.3 Å². The Morgan fingerprint density at radius 3 is 2.59 bits per heavy atom. The number of halogens is 3. The van der Waals surface area contributed by atoms with Gasteiger partial charge in [-0.25, -0.2) is 4.79 Å². The minimum atomic E-state index is -0.504. The number of rotatable bonds is 6. The summed E-state index contributed by atoms with van der Waals surface area (Å²) in [5, 5.41) is 5.03. The summed E-state index contributed by atoms with van der Waals surface area (Å²) in [5.74, 6) is 0.598. The number of carbonyl (C=O) groups excluding carboxylic acids is 1. The van der Waals surface area contributed by atoms with Gasteiger partial charge >= 0.3 is 5.97 Å². The highest BCUT2D eigenvalue weighted by Crippen LogP contribution is 2.36. The van der Waals surface area contributed by atoms with Crippen molar-refractivity contribution in [3.8, 4) is 11.5 Å². The summed E-state index contributed by atoms with van der Waals surface area (Å²) in [6.45, 7) is 0.250. The molecule has 0 radical (unpaired) electrons. The molecule has 3 aromatic rings. The van der Waals surface area contributed by atoms with E-state index in [0.29, 0.717) is 32.8 Å². The average Bonchev–Trinajstić information content (AvgIpc) is 3.14. The molecule has 162 valence electrons. The zero-order valence-corrected chi connectivity index (χ0v) is 20.4. The van der Waals surface area contributed by atoms with Crippen molar-refractivity contribution in [1.29, 1.82) is 0 Å². The molecule has 8 heteroatoms. The predicted molar refractivity (Wildman–Crippen MR) is 134 cm³/mol. The van der Waals surface area contributed by atoms with Crippen molar-refractivity contribution in [3.05, 3.63) is 96.5 Å². The van der Waals surface area contributed by atoms with Crippen molar-refractivity contribution in [2.75, 3.05) is 7.11 Å². The second kappa shape index (κ2) is 9.94. The Morgan fingerprint density at radius 1 is 1.09 bits per heavy atom. The lowest BCUT2D eigenvalue weighted by Crippen LogP contribution is -2.07. The highest BCUT2D eigenvalue weighted by Gasteiger charge is 2.27. The SMILES string of the molecule is COc1cc(/C=C2\C(=O)ON=C2c2ccccc2)cc(I)c1OCc1ccc(Cl)cc1Cl. The first kappa shape index (κ1) is 22.6. The van der Waals surface area contributed by atoms with Crippen LogP contribution < -0.4 is 9.47 Å². The van der Waals surface area contributed by atoms with Crippen molar-refractivity contribution in [1.82, 2.24) is 0 Å². The van der Waals surface area contributed by atoms with Crippen LogP contribution in [0.1, 0.15) is 16.7 Å². The van der Waals surface area contributed by atoms with Crippen molar-refractivity contribution >= 4 is 63.5 Å². The van der Waals surface area contributed by atoms with E-state index in [1.54, 1.807) is 31.4 Å². The van der Waals surface area contributed by atoms with Gasteiger partial charge in [-0.3, -0.25) is 0 Å². The number of nitrogens with zero attached hydrogens (tertiary/aromatic N) is 1. The number of carbonyl (C=O) groups is 1. The Kier molecular flexibility index (Phi) is 7.03. The number of ether oxygens (including phenoxy) is 2. The maximum absolute atomic E-state index is 12.3. The molecule has 0 fully saturated rings. The lowest BCUT2D eigenvalue weighted by Gasteiger charge is -2.14. The molecular weight excluding hydrogens is 564 g/mol. The molecule has 0 bridgehead atoms. The molecular formula is C24H16Cl2INO4. The maximum atomic E-state index is 12.3. The number of oxime groups is 1.